The summed E-state index contributed by atoms with van der Waals surface area (Å²) >= 11 is 1.57. The lowest BCUT2D eigenvalue weighted by atomic mass is 9.85. The van der Waals surface area contributed by atoms with E-state index in [9.17, 15) is 10.1 Å². The van der Waals surface area contributed by atoms with Crippen LogP contribution in [0.4, 0.5) is 11.4 Å². The third kappa shape index (κ3) is 4.26. The molecule has 0 amide bonds. The van der Waals surface area contributed by atoms with Crippen molar-refractivity contribution >= 4 is 28.5 Å². The average molecular weight is 419 g/mol. The first kappa shape index (κ1) is 19.9. The smallest absolute Gasteiger partial charge is 0.261 e. The molecule has 1 fully saturated rings. The van der Waals surface area contributed by atoms with Gasteiger partial charge in [0.15, 0.2) is 0 Å². The highest BCUT2D eigenvalue weighted by molar-refractivity contribution is 7.13. The lowest BCUT2D eigenvalue weighted by Crippen LogP contribution is -2.34. The van der Waals surface area contributed by atoms with E-state index in [-0.39, 0.29) is 23.4 Å². The van der Waals surface area contributed by atoms with Crippen molar-refractivity contribution in [2.75, 3.05) is 5.32 Å². The molecule has 7 nitrogen and oxygen atoms in total. The second-order valence-corrected chi connectivity index (χ2v) is 8.14. The van der Waals surface area contributed by atoms with Gasteiger partial charge in [0.1, 0.15) is 16.4 Å². The van der Waals surface area contributed by atoms with Gasteiger partial charge in [0.25, 0.3) is 5.56 Å². The number of H-pyrrole nitrogens is 1. The van der Waals surface area contributed by atoms with Crippen LogP contribution >= 0.6 is 11.3 Å². The number of nitrogens with two attached hydrogens (primary N) is 1. The first-order valence-electron chi connectivity index (χ1n) is 9.88. The van der Waals surface area contributed by atoms with E-state index in [2.05, 4.69) is 26.3 Å². The molecule has 2 aromatic heterocycles. The number of rotatable bonds is 5. The SMILES string of the molecule is N#CC1CCCCC1Nc1cc[nH]c(=O)c1C(N)=Nc1ccc(-c2nccs2)cc1. The predicted octanol–water partition coefficient (Wildman–Crippen LogP) is 4.03. The zero-order valence-electron chi connectivity index (χ0n) is 16.3. The number of aliphatic imine (C=N–C) groups is 1. The van der Waals surface area contributed by atoms with Gasteiger partial charge in [-0.05, 0) is 43.2 Å². The molecule has 4 N–H and O–H groups in total. The van der Waals surface area contributed by atoms with E-state index in [1.54, 1.807) is 29.8 Å². The summed E-state index contributed by atoms with van der Waals surface area (Å²) in [4.78, 5) is 24.0. The van der Waals surface area contributed by atoms with Crippen LogP contribution in [0.3, 0.4) is 0 Å². The number of hydrogen-bond donors (Lipinski definition) is 3. The topological polar surface area (TPSA) is 120 Å². The minimum Gasteiger partial charge on any atom is -0.383 e. The number of benzene rings is 1. The maximum Gasteiger partial charge on any atom is 0.261 e. The maximum atomic E-state index is 12.5. The Morgan fingerprint density at radius 2 is 2.07 bits per heavy atom. The lowest BCUT2D eigenvalue weighted by Gasteiger charge is -2.29. The predicted molar refractivity (Wildman–Crippen MR) is 120 cm³/mol. The van der Waals surface area contributed by atoms with E-state index in [0.29, 0.717) is 16.9 Å². The molecule has 0 saturated heterocycles. The van der Waals surface area contributed by atoms with Crippen LogP contribution in [-0.2, 0) is 0 Å². The summed E-state index contributed by atoms with van der Waals surface area (Å²) in [6.07, 6.45) is 7.21. The summed E-state index contributed by atoms with van der Waals surface area (Å²) in [5.41, 5.74) is 8.48. The molecule has 0 bridgehead atoms. The van der Waals surface area contributed by atoms with E-state index in [4.69, 9.17) is 5.73 Å². The second kappa shape index (κ2) is 8.93. The molecule has 8 heteroatoms. The summed E-state index contributed by atoms with van der Waals surface area (Å²) < 4.78 is 0. The number of aromatic nitrogens is 2. The molecule has 2 unspecified atom stereocenters. The summed E-state index contributed by atoms with van der Waals surface area (Å²) in [7, 11) is 0. The van der Waals surface area contributed by atoms with Crippen molar-refractivity contribution in [3.05, 3.63) is 64.0 Å². The average Bonchev–Trinajstić information content (AvgIpc) is 3.29. The van der Waals surface area contributed by atoms with Crippen LogP contribution in [0.2, 0.25) is 0 Å². The van der Waals surface area contributed by atoms with E-state index in [1.807, 2.05) is 29.6 Å². The van der Waals surface area contributed by atoms with Crippen molar-refractivity contribution < 1.29 is 0 Å². The number of amidine groups is 1. The zero-order chi connectivity index (χ0) is 20.9. The number of aromatic amines is 1. The number of nitriles is 1. The van der Waals surface area contributed by atoms with E-state index >= 15 is 0 Å². The number of pyridine rings is 1. The van der Waals surface area contributed by atoms with Gasteiger partial charge in [-0.15, -0.1) is 11.3 Å². The molecule has 1 saturated carbocycles. The van der Waals surface area contributed by atoms with Crippen molar-refractivity contribution in [3.63, 3.8) is 0 Å². The molecule has 1 aromatic carbocycles. The summed E-state index contributed by atoms with van der Waals surface area (Å²) in [5, 5.41) is 15.7. The molecule has 0 spiro atoms. The van der Waals surface area contributed by atoms with Crippen molar-refractivity contribution in [2.45, 2.75) is 31.7 Å². The normalized spacial score (nSPS) is 19.2. The Morgan fingerprint density at radius 3 is 2.80 bits per heavy atom. The minimum atomic E-state index is -0.315. The third-order valence-electron chi connectivity index (χ3n) is 5.29. The number of hydrogen-bond acceptors (Lipinski definition) is 6. The van der Waals surface area contributed by atoms with E-state index in [1.165, 1.54) is 0 Å². The molecule has 2 heterocycles. The molecule has 152 valence electrons. The molecular weight excluding hydrogens is 396 g/mol. The molecule has 0 radical (unpaired) electrons. The molecule has 3 aromatic rings. The molecule has 1 aliphatic rings. The molecule has 4 rings (SSSR count). The van der Waals surface area contributed by atoms with Crippen LogP contribution in [-0.4, -0.2) is 21.8 Å². The number of nitrogens with zero attached hydrogens (tertiary/aromatic N) is 3. The fraction of sp³-hybridized carbons (Fsp3) is 0.273. The van der Waals surface area contributed by atoms with Gasteiger partial charge < -0.3 is 16.0 Å². The zero-order valence-corrected chi connectivity index (χ0v) is 17.2. The molecule has 2 atom stereocenters. The Bertz CT molecular complexity index is 1130. The van der Waals surface area contributed by atoms with Gasteiger partial charge in [-0.2, -0.15) is 5.26 Å². The number of thiazole rings is 1. The molecular formula is C22H22N6OS. The highest BCUT2D eigenvalue weighted by Crippen LogP contribution is 2.28. The second-order valence-electron chi connectivity index (χ2n) is 7.25. The van der Waals surface area contributed by atoms with Gasteiger partial charge in [0.2, 0.25) is 0 Å². The van der Waals surface area contributed by atoms with Gasteiger partial charge in [0, 0.05) is 29.4 Å². The summed E-state index contributed by atoms with van der Waals surface area (Å²) in [6, 6.07) is 11.7. The maximum absolute atomic E-state index is 12.5. The number of anilines is 1. The molecule has 1 aliphatic carbocycles. The van der Waals surface area contributed by atoms with Gasteiger partial charge >= 0.3 is 0 Å². The van der Waals surface area contributed by atoms with Crippen LogP contribution in [0.5, 0.6) is 0 Å². The van der Waals surface area contributed by atoms with Gasteiger partial charge in [0.05, 0.1) is 23.4 Å². The van der Waals surface area contributed by atoms with Crippen LogP contribution < -0.4 is 16.6 Å². The Morgan fingerprint density at radius 1 is 1.27 bits per heavy atom. The Hall–Kier alpha value is -3.44. The molecule has 30 heavy (non-hydrogen) atoms. The van der Waals surface area contributed by atoms with Gasteiger partial charge in [-0.3, -0.25) is 4.79 Å². The van der Waals surface area contributed by atoms with Crippen molar-refractivity contribution in [1.29, 1.82) is 5.26 Å². The van der Waals surface area contributed by atoms with Gasteiger partial charge in [-0.1, -0.05) is 12.8 Å². The first-order valence-corrected chi connectivity index (χ1v) is 10.8. The van der Waals surface area contributed by atoms with Gasteiger partial charge in [-0.25, -0.2) is 9.98 Å². The van der Waals surface area contributed by atoms with Crippen molar-refractivity contribution in [2.24, 2.45) is 16.6 Å². The van der Waals surface area contributed by atoms with E-state index in [0.717, 1.165) is 36.3 Å². The Kier molecular flexibility index (Phi) is 5.91. The van der Waals surface area contributed by atoms with Crippen LogP contribution in [0.1, 0.15) is 31.2 Å². The fourth-order valence-electron chi connectivity index (χ4n) is 3.75. The standard InChI is InChI=1S/C22H22N6OS/c23-13-15-3-1-2-4-17(15)28-18-9-10-25-21(29)19(18)20(24)27-16-7-5-14(6-8-16)22-26-11-12-30-22/h5-12,15,17H,1-4H2,(H2,24,27)(H2,25,28,29). The third-order valence-corrected chi connectivity index (χ3v) is 6.11. The first-order chi connectivity index (χ1) is 14.7. The Balaban J connectivity index is 1.61. The minimum absolute atomic E-state index is 0.00493. The van der Waals surface area contributed by atoms with Crippen molar-refractivity contribution in [3.8, 4) is 16.6 Å². The lowest BCUT2D eigenvalue weighted by molar-refractivity contribution is 0.388. The van der Waals surface area contributed by atoms with Crippen LogP contribution in [0.15, 0.2) is 57.9 Å². The Labute approximate surface area is 178 Å². The van der Waals surface area contributed by atoms with Crippen LogP contribution in [0, 0.1) is 17.2 Å². The number of nitrogens with one attached hydrogen (secondary N) is 2. The van der Waals surface area contributed by atoms with E-state index < -0.39 is 0 Å². The van der Waals surface area contributed by atoms with Crippen LogP contribution in [0.25, 0.3) is 10.6 Å². The fourth-order valence-corrected chi connectivity index (χ4v) is 4.40. The summed E-state index contributed by atoms with van der Waals surface area (Å²) in [5.74, 6) is 0.0492. The molecule has 0 aliphatic heterocycles. The summed E-state index contributed by atoms with van der Waals surface area (Å²) in [6.45, 7) is 0. The quantitative estimate of drug-likeness (QED) is 0.427. The highest BCUT2D eigenvalue weighted by Gasteiger charge is 2.26. The highest BCUT2D eigenvalue weighted by atomic mass is 32.1. The largest absolute Gasteiger partial charge is 0.383 e. The van der Waals surface area contributed by atoms with Crippen molar-refractivity contribution in [1.82, 2.24) is 9.97 Å². The monoisotopic (exact) mass is 418 g/mol.